The predicted molar refractivity (Wildman–Crippen MR) is 112 cm³/mol. The molecule has 0 aromatic heterocycles. The Labute approximate surface area is 174 Å². The standard InChI is InChI=1S/C21H22Cl2N2O3/c1-15(26)12-16-2-5-18(6-3-16)28-14-21(27)25-10-8-24(9-11-25)17-4-7-19(22)20(23)13-17/h2-7,13H,8-12,14H2,1H3. The van der Waals surface area contributed by atoms with E-state index in [0.717, 1.165) is 24.3 Å². The third-order valence-electron chi connectivity index (χ3n) is 4.64. The van der Waals surface area contributed by atoms with E-state index < -0.39 is 0 Å². The lowest BCUT2D eigenvalue weighted by Crippen LogP contribution is -2.50. The molecule has 1 fully saturated rings. The molecule has 1 amide bonds. The van der Waals surface area contributed by atoms with Gasteiger partial charge in [-0.2, -0.15) is 0 Å². The first kappa shape index (κ1) is 20.5. The molecule has 7 heteroatoms. The van der Waals surface area contributed by atoms with Gasteiger partial charge in [0.15, 0.2) is 6.61 Å². The summed E-state index contributed by atoms with van der Waals surface area (Å²) in [5.74, 6) is 0.695. The molecule has 1 saturated heterocycles. The number of nitrogens with zero attached hydrogens (tertiary/aromatic N) is 2. The van der Waals surface area contributed by atoms with Gasteiger partial charge in [-0.05, 0) is 42.8 Å². The van der Waals surface area contributed by atoms with Gasteiger partial charge in [-0.3, -0.25) is 9.59 Å². The lowest BCUT2D eigenvalue weighted by atomic mass is 10.1. The molecule has 0 saturated carbocycles. The van der Waals surface area contributed by atoms with Crippen molar-refractivity contribution >= 4 is 40.6 Å². The maximum absolute atomic E-state index is 12.4. The maximum atomic E-state index is 12.4. The molecule has 1 heterocycles. The molecule has 1 aliphatic rings. The first-order chi connectivity index (χ1) is 13.4. The van der Waals surface area contributed by atoms with Gasteiger partial charge in [-0.15, -0.1) is 0 Å². The number of Topliss-reactive ketones (excluding diaryl/α,β-unsaturated/α-hetero) is 1. The number of hydrogen-bond donors (Lipinski definition) is 0. The SMILES string of the molecule is CC(=O)Cc1ccc(OCC(=O)N2CCN(c3ccc(Cl)c(Cl)c3)CC2)cc1. The van der Waals surface area contributed by atoms with Crippen molar-refractivity contribution in [2.75, 3.05) is 37.7 Å². The number of hydrogen-bond acceptors (Lipinski definition) is 4. The number of rotatable bonds is 6. The molecule has 1 aliphatic heterocycles. The molecule has 5 nitrogen and oxygen atoms in total. The Morgan fingerprint density at radius 2 is 1.64 bits per heavy atom. The zero-order chi connectivity index (χ0) is 20.1. The number of amides is 1. The van der Waals surface area contributed by atoms with Crippen molar-refractivity contribution in [1.82, 2.24) is 4.90 Å². The van der Waals surface area contributed by atoms with Crippen LogP contribution in [0.15, 0.2) is 42.5 Å². The topological polar surface area (TPSA) is 49.9 Å². The quantitative estimate of drug-likeness (QED) is 0.711. The lowest BCUT2D eigenvalue weighted by Gasteiger charge is -2.36. The zero-order valence-electron chi connectivity index (χ0n) is 15.7. The number of anilines is 1. The van der Waals surface area contributed by atoms with E-state index in [2.05, 4.69) is 4.90 Å². The minimum atomic E-state index is -0.0402. The van der Waals surface area contributed by atoms with Crippen molar-refractivity contribution in [3.63, 3.8) is 0 Å². The van der Waals surface area contributed by atoms with Crippen LogP contribution in [0, 0.1) is 0 Å². The fourth-order valence-electron chi connectivity index (χ4n) is 3.12. The van der Waals surface area contributed by atoms with Gasteiger partial charge in [0.2, 0.25) is 0 Å². The molecule has 28 heavy (non-hydrogen) atoms. The second-order valence-corrected chi connectivity index (χ2v) is 7.59. The second kappa shape index (κ2) is 9.30. The van der Waals surface area contributed by atoms with Gasteiger partial charge >= 0.3 is 0 Å². The molecule has 0 bridgehead atoms. The normalized spacial score (nSPS) is 14.1. The van der Waals surface area contributed by atoms with Crippen molar-refractivity contribution in [3.8, 4) is 5.75 Å². The number of piperazine rings is 1. The van der Waals surface area contributed by atoms with Crippen molar-refractivity contribution in [2.45, 2.75) is 13.3 Å². The van der Waals surface area contributed by atoms with Gasteiger partial charge in [0.25, 0.3) is 5.91 Å². The molecule has 0 N–H and O–H groups in total. The number of carbonyl (C=O) groups is 2. The molecule has 0 spiro atoms. The summed E-state index contributed by atoms with van der Waals surface area (Å²) in [4.78, 5) is 27.5. The lowest BCUT2D eigenvalue weighted by molar-refractivity contribution is -0.133. The molecule has 0 atom stereocenters. The summed E-state index contributed by atoms with van der Waals surface area (Å²) in [6.45, 7) is 4.26. The van der Waals surface area contributed by atoms with Crippen LogP contribution < -0.4 is 9.64 Å². The van der Waals surface area contributed by atoms with Gasteiger partial charge in [-0.1, -0.05) is 35.3 Å². The van der Waals surface area contributed by atoms with Gasteiger partial charge in [-0.25, -0.2) is 0 Å². The second-order valence-electron chi connectivity index (χ2n) is 6.78. The summed E-state index contributed by atoms with van der Waals surface area (Å²) in [5.41, 5.74) is 1.94. The average molecular weight is 421 g/mol. The third-order valence-corrected chi connectivity index (χ3v) is 5.38. The summed E-state index contributed by atoms with van der Waals surface area (Å²) in [6.07, 6.45) is 0.405. The van der Waals surface area contributed by atoms with E-state index in [-0.39, 0.29) is 18.3 Å². The van der Waals surface area contributed by atoms with Crippen LogP contribution in [0.5, 0.6) is 5.75 Å². The molecule has 2 aromatic carbocycles. The average Bonchev–Trinajstić information content (AvgIpc) is 2.69. The van der Waals surface area contributed by atoms with Crippen molar-refractivity contribution in [2.24, 2.45) is 0 Å². The van der Waals surface area contributed by atoms with Crippen LogP contribution in [0.3, 0.4) is 0 Å². The highest BCUT2D eigenvalue weighted by Crippen LogP contribution is 2.27. The van der Waals surface area contributed by atoms with Crippen LogP contribution in [-0.4, -0.2) is 49.4 Å². The van der Waals surface area contributed by atoms with E-state index in [1.165, 1.54) is 0 Å². The van der Waals surface area contributed by atoms with Crippen LogP contribution in [-0.2, 0) is 16.0 Å². The monoisotopic (exact) mass is 420 g/mol. The Hall–Kier alpha value is -2.24. The van der Waals surface area contributed by atoms with E-state index in [1.54, 1.807) is 30.0 Å². The smallest absolute Gasteiger partial charge is 0.260 e. The zero-order valence-corrected chi connectivity index (χ0v) is 17.2. The van der Waals surface area contributed by atoms with Crippen molar-refractivity contribution in [3.05, 3.63) is 58.1 Å². The van der Waals surface area contributed by atoms with E-state index in [0.29, 0.717) is 35.3 Å². The van der Waals surface area contributed by atoms with Crippen LogP contribution >= 0.6 is 23.2 Å². The van der Waals surface area contributed by atoms with Crippen molar-refractivity contribution in [1.29, 1.82) is 0 Å². The Balaban J connectivity index is 1.47. The molecule has 148 valence electrons. The van der Waals surface area contributed by atoms with Gasteiger partial charge in [0.1, 0.15) is 11.5 Å². The fraction of sp³-hybridized carbons (Fsp3) is 0.333. The number of benzene rings is 2. The highest BCUT2D eigenvalue weighted by molar-refractivity contribution is 6.42. The Bertz CT molecular complexity index is 847. The van der Waals surface area contributed by atoms with E-state index >= 15 is 0 Å². The van der Waals surface area contributed by atoms with Gasteiger partial charge < -0.3 is 14.5 Å². The highest BCUT2D eigenvalue weighted by Gasteiger charge is 2.22. The first-order valence-corrected chi connectivity index (χ1v) is 9.87. The largest absolute Gasteiger partial charge is 0.484 e. The van der Waals surface area contributed by atoms with Crippen LogP contribution in [0.1, 0.15) is 12.5 Å². The Kier molecular flexibility index (Phi) is 6.81. The molecule has 0 radical (unpaired) electrons. The Morgan fingerprint density at radius 3 is 2.25 bits per heavy atom. The minimum Gasteiger partial charge on any atom is -0.484 e. The van der Waals surface area contributed by atoms with Crippen LogP contribution in [0.4, 0.5) is 5.69 Å². The highest BCUT2D eigenvalue weighted by atomic mass is 35.5. The van der Waals surface area contributed by atoms with Crippen molar-refractivity contribution < 1.29 is 14.3 Å². The van der Waals surface area contributed by atoms with Gasteiger partial charge in [0, 0.05) is 38.3 Å². The number of ether oxygens (including phenoxy) is 1. The van der Waals surface area contributed by atoms with E-state index in [4.69, 9.17) is 27.9 Å². The van der Waals surface area contributed by atoms with Crippen LogP contribution in [0.25, 0.3) is 0 Å². The third kappa shape index (κ3) is 5.40. The summed E-state index contributed by atoms with van der Waals surface area (Å²) in [5, 5.41) is 1.06. The molecular weight excluding hydrogens is 399 g/mol. The Morgan fingerprint density at radius 1 is 0.964 bits per heavy atom. The van der Waals surface area contributed by atoms with Crippen LogP contribution in [0.2, 0.25) is 10.0 Å². The molecule has 0 aliphatic carbocycles. The first-order valence-electron chi connectivity index (χ1n) is 9.11. The maximum Gasteiger partial charge on any atom is 0.260 e. The van der Waals surface area contributed by atoms with E-state index in [9.17, 15) is 9.59 Å². The summed E-state index contributed by atoms with van der Waals surface area (Å²) in [7, 11) is 0. The molecule has 2 aromatic rings. The van der Waals surface area contributed by atoms with Gasteiger partial charge in [0.05, 0.1) is 10.0 Å². The summed E-state index contributed by atoms with van der Waals surface area (Å²) >= 11 is 12.1. The molecular formula is C21H22Cl2N2O3. The summed E-state index contributed by atoms with van der Waals surface area (Å²) < 4.78 is 5.60. The van der Waals surface area contributed by atoms with E-state index in [1.807, 2.05) is 24.3 Å². The number of carbonyl (C=O) groups excluding carboxylic acids is 2. The summed E-state index contributed by atoms with van der Waals surface area (Å²) in [6, 6.07) is 12.8. The predicted octanol–water partition coefficient (Wildman–Crippen LogP) is 3.85. The molecule has 3 rings (SSSR count). The molecule has 0 unspecified atom stereocenters. The number of ketones is 1. The fourth-order valence-corrected chi connectivity index (χ4v) is 3.42. The minimum absolute atomic E-state index is 0.00116. The number of halogens is 2.